The Morgan fingerprint density at radius 2 is 1.40 bits per heavy atom. The smallest absolute Gasteiger partial charge is 0.227 e. The lowest BCUT2D eigenvalue weighted by molar-refractivity contribution is -0.115. The van der Waals surface area contributed by atoms with Crippen LogP contribution in [0.1, 0.15) is 11.1 Å². The van der Waals surface area contributed by atoms with Crippen molar-refractivity contribution in [3.05, 3.63) is 59.7 Å². The molecule has 0 aliphatic carbocycles. The van der Waals surface area contributed by atoms with Crippen molar-refractivity contribution in [2.75, 3.05) is 5.75 Å². The van der Waals surface area contributed by atoms with Crippen molar-refractivity contribution in [3.63, 3.8) is 0 Å². The van der Waals surface area contributed by atoms with Gasteiger partial charge in [0.1, 0.15) is 11.4 Å². The first kappa shape index (κ1) is 17.1. The number of aromatic nitrogens is 3. The highest BCUT2D eigenvalue weighted by Gasteiger charge is 2.14. The molecular formula is C19H18N4OS. The molecule has 3 aromatic rings. The van der Waals surface area contributed by atoms with Crippen LogP contribution in [0.2, 0.25) is 0 Å². The van der Waals surface area contributed by atoms with Crippen LogP contribution in [0, 0.1) is 13.8 Å². The van der Waals surface area contributed by atoms with Crippen LogP contribution in [0.25, 0.3) is 22.5 Å². The molecular weight excluding hydrogens is 332 g/mol. The molecule has 2 aromatic carbocycles. The summed E-state index contributed by atoms with van der Waals surface area (Å²) in [4.78, 5) is 15.6. The Balaban J connectivity index is 2.08. The summed E-state index contributed by atoms with van der Waals surface area (Å²) in [5.74, 6) is -0.285. The molecule has 0 fully saturated rings. The zero-order valence-corrected chi connectivity index (χ0v) is 14.9. The highest BCUT2D eigenvalue weighted by molar-refractivity contribution is 7.99. The molecule has 0 saturated heterocycles. The van der Waals surface area contributed by atoms with Crippen LogP contribution in [0.3, 0.4) is 0 Å². The summed E-state index contributed by atoms with van der Waals surface area (Å²) in [6.07, 6.45) is 0. The van der Waals surface area contributed by atoms with Gasteiger partial charge in [0.2, 0.25) is 11.1 Å². The van der Waals surface area contributed by atoms with Gasteiger partial charge in [-0.25, -0.2) is 4.98 Å². The number of hydrogen-bond acceptors (Lipinski definition) is 5. The predicted molar refractivity (Wildman–Crippen MR) is 100 cm³/mol. The standard InChI is InChI=1S/C19H18N4OS/c1-12-3-7-14(8-4-12)17-18(15-9-5-13(2)6-10-15)22-23-19(21-17)25-11-16(20)24/h3-10H,11H2,1-2H3,(H2,20,24). The largest absolute Gasteiger partial charge is 0.369 e. The first-order valence-electron chi connectivity index (χ1n) is 7.83. The Kier molecular flexibility index (Phi) is 5.09. The number of aryl methyl sites for hydroxylation is 2. The van der Waals surface area contributed by atoms with Gasteiger partial charge >= 0.3 is 0 Å². The van der Waals surface area contributed by atoms with Gasteiger partial charge in [-0.15, -0.1) is 10.2 Å². The fourth-order valence-corrected chi connectivity index (χ4v) is 2.85. The normalized spacial score (nSPS) is 10.6. The molecule has 0 bridgehead atoms. The van der Waals surface area contributed by atoms with E-state index >= 15 is 0 Å². The fourth-order valence-electron chi connectivity index (χ4n) is 2.33. The number of amides is 1. The SMILES string of the molecule is Cc1ccc(-c2nnc(SCC(N)=O)nc2-c2ccc(C)cc2)cc1. The molecule has 3 rings (SSSR count). The summed E-state index contributed by atoms with van der Waals surface area (Å²) in [6.45, 7) is 4.08. The summed E-state index contributed by atoms with van der Waals surface area (Å²) in [6, 6.07) is 16.2. The lowest BCUT2D eigenvalue weighted by Crippen LogP contribution is -2.13. The van der Waals surface area contributed by atoms with Crippen molar-refractivity contribution < 1.29 is 4.79 Å². The average Bonchev–Trinajstić information content (AvgIpc) is 2.61. The Labute approximate surface area is 150 Å². The summed E-state index contributed by atoms with van der Waals surface area (Å²) < 4.78 is 0. The average molecular weight is 350 g/mol. The van der Waals surface area contributed by atoms with E-state index in [4.69, 9.17) is 5.73 Å². The Morgan fingerprint density at radius 1 is 0.880 bits per heavy atom. The van der Waals surface area contributed by atoms with Gasteiger partial charge in [0.15, 0.2) is 0 Å². The quantitative estimate of drug-likeness (QED) is 0.713. The lowest BCUT2D eigenvalue weighted by atomic mass is 10.0. The molecule has 2 N–H and O–H groups in total. The number of nitrogens with two attached hydrogens (primary N) is 1. The minimum Gasteiger partial charge on any atom is -0.369 e. The fraction of sp³-hybridized carbons (Fsp3) is 0.158. The van der Waals surface area contributed by atoms with E-state index in [2.05, 4.69) is 15.2 Å². The van der Waals surface area contributed by atoms with Gasteiger partial charge < -0.3 is 5.73 Å². The first-order valence-corrected chi connectivity index (χ1v) is 8.81. The van der Waals surface area contributed by atoms with Gasteiger partial charge in [0.05, 0.1) is 5.75 Å². The molecule has 0 aliphatic rings. The molecule has 0 radical (unpaired) electrons. The van der Waals surface area contributed by atoms with Gasteiger partial charge in [-0.05, 0) is 13.8 Å². The second kappa shape index (κ2) is 7.44. The first-order chi connectivity index (χ1) is 12.0. The van der Waals surface area contributed by atoms with E-state index in [1.165, 1.54) is 22.9 Å². The van der Waals surface area contributed by atoms with E-state index in [0.717, 1.165) is 16.8 Å². The van der Waals surface area contributed by atoms with Crippen molar-refractivity contribution in [2.45, 2.75) is 19.0 Å². The van der Waals surface area contributed by atoms with Crippen LogP contribution in [0.15, 0.2) is 53.7 Å². The molecule has 6 heteroatoms. The van der Waals surface area contributed by atoms with Gasteiger partial charge in [0, 0.05) is 11.1 Å². The van der Waals surface area contributed by atoms with Crippen molar-refractivity contribution in [1.82, 2.24) is 15.2 Å². The summed E-state index contributed by atoms with van der Waals surface area (Å²) in [7, 11) is 0. The molecule has 5 nitrogen and oxygen atoms in total. The van der Waals surface area contributed by atoms with Crippen molar-refractivity contribution in [1.29, 1.82) is 0 Å². The molecule has 25 heavy (non-hydrogen) atoms. The lowest BCUT2D eigenvalue weighted by Gasteiger charge is -2.10. The third kappa shape index (κ3) is 4.22. The summed E-state index contributed by atoms with van der Waals surface area (Å²) in [5, 5.41) is 8.95. The zero-order chi connectivity index (χ0) is 17.8. The van der Waals surface area contributed by atoms with Crippen molar-refractivity contribution in [3.8, 4) is 22.5 Å². The van der Waals surface area contributed by atoms with Gasteiger partial charge in [-0.2, -0.15) is 0 Å². The van der Waals surface area contributed by atoms with Crippen LogP contribution in [-0.2, 0) is 4.79 Å². The van der Waals surface area contributed by atoms with Crippen LogP contribution in [0.5, 0.6) is 0 Å². The van der Waals surface area contributed by atoms with Crippen LogP contribution in [-0.4, -0.2) is 26.8 Å². The van der Waals surface area contributed by atoms with Crippen molar-refractivity contribution >= 4 is 17.7 Å². The minimum atomic E-state index is -0.409. The van der Waals surface area contributed by atoms with E-state index in [1.54, 1.807) is 0 Å². The topological polar surface area (TPSA) is 81.8 Å². The number of carbonyl (C=O) groups is 1. The van der Waals surface area contributed by atoms with Gasteiger partial charge in [-0.1, -0.05) is 71.4 Å². The van der Waals surface area contributed by atoms with Crippen LogP contribution in [0.4, 0.5) is 0 Å². The number of carbonyl (C=O) groups excluding carboxylic acids is 1. The van der Waals surface area contributed by atoms with E-state index in [1.807, 2.05) is 62.4 Å². The molecule has 1 aromatic heterocycles. The highest BCUT2D eigenvalue weighted by atomic mass is 32.2. The third-order valence-electron chi connectivity index (χ3n) is 3.66. The second-order valence-electron chi connectivity index (χ2n) is 5.78. The number of nitrogens with zero attached hydrogens (tertiary/aromatic N) is 3. The molecule has 126 valence electrons. The molecule has 0 unspecified atom stereocenters. The van der Waals surface area contributed by atoms with E-state index in [9.17, 15) is 4.79 Å². The van der Waals surface area contributed by atoms with E-state index in [0.29, 0.717) is 10.9 Å². The van der Waals surface area contributed by atoms with Gasteiger partial charge in [-0.3, -0.25) is 4.79 Å². The number of primary amides is 1. The molecule has 1 heterocycles. The monoisotopic (exact) mass is 350 g/mol. The number of rotatable bonds is 5. The molecule has 0 aliphatic heterocycles. The number of thioether (sulfide) groups is 1. The molecule has 0 spiro atoms. The second-order valence-corrected chi connectivity index (χ2v) is 6.72. The predicted octanol–water partition coefficient (Wildman–Crippen LogP) is 3.40. The maximum Gasteiger partial charge on any atom is 0.227 e. The Morgan fingerprint density at radius 3 is 1.92 bits per heavy atom. The van der Waals surface area contributed by atoms with Crippen LogP contribution < -0.4 is 5.73 Å². The van der Waals surface area contributed by atoms with Gasteiger partial charge in [0.25, 0.3) is 0 Å². The number of hydrogen-bond donors (Lipinski definition) is 1. The maximum absolute atomic E-state index is 11.0. The highest BCUT2D eigenvalue weighted by Crippen LogP contribution is 2.30. The van der Waals surface area contributed by atoms with Crippen LogP contribution >= 0.6 is 11.8 Å². The Hall–Kier alpha value is -2.73. The van der Waals surface area contributed by atoms with E-state index < -0.39 is 5.91 Å². The third-order valence-corrected chi connectivity index (χ3v) is 4.52. The van der Waals surface area contributed by atoms with E-state index in [-0.39, 0.29) is 5.75 Å². The Bertz CT molecular complexity index is 892. The number of benzene rings is 2. The molecule has 0 saturated carbocycles. The maximum atomic E-state index is 11.0. The zero-order valence-electron chi connectivity index (χ0n) is 14.1. The molecule has 0 atom stereocenters. The van der Waals surface area contributed by atoms with Crippen molar-refractivity contribution in [2.24, 2.45) is 5.73 Å². The molecule has 1 amide bonds. The summed E-state index contributed by atoms with van der Waals surface area (Å²) in [5.41, 5.74) is 10.9. The summed E-state index contributed by atoms with van der Waals surface area (Å²) >= 11 is 1.19. The minimum absolute atomic E-state index is 0.124.